The Labute approximate surface area is 772 Å². The Bertz CT molecular complexity index is 5420. The first-order valence-electron chi connectivity index (χ1n) is 46.7. The predicted octanol–water partition coefficient (Wildman–Crippen LogP) is 21.8. The highest BCUT2D eigenvalue weighted by molar-refractivity contribution is 6.02. The number of nitro groups is 1. The third kappa shape index (κ3) is 26.1. The number of nitrogens with zero attached hydrogens (tertiary/aromatic N) is 8. The lowest BCUT2D eigenvalue weighted by molar-refractivity contribution is -0.384. The zero-order valence-corrected chi connectivity index (χ0v) is 77.3. The summed E-state index contributed by atoms with van der Waals surface area (Å²) in [5.74, 6) is 0.640. The minimum atomic E-state index is -0.373. The van der Waals surface area contributed by atoms with Gasteiger partial charge in [-0.2, -0.15) is 0 Å². The van der Waals surface area contributed by atoms with Gasteiger partial charge in [0.25, 0.3) is 5.69 Å². The van der Waals surface area contributed by atoms with Crippen LogP contribution in [0.1, 0.15) is 155 Å². The number of hydrogen-bond acceptors (Lipinski definition) is 14. The number of benzene rings is 12. The van der Waals surface area contributed by atoms with Gasteiger partial charge in [-0.1, -0.05) is 254 Å². The molecule has 0 bridgehead atoms. The Morgan fingerprint density at radius 1 is 0.323 bits per heavy atom. The van der Waals surface area contributed by atoms with Crippen molar-refractivity contribution in [2.24, 2.45) is 0 Å². The molecular formula is C115H133N9O6. The SMILES string of the molecule is CN1CCN(c2ccc(/C(=C(/CCCO)c3ccccc3)c3ccc(N)cc3)cc2)CC1.CN1CCN(c2ccc(/C(=C(/CCCO)c3ccccc3)c3ccc([N+](=O)[O-])cc3)cc2)CC1.Cc1ccc(/C(=C(\CCCO)c2ccccc2)c2ccc(C3CN(C(C)C)C3)cc2)cc1.Cc1ccc(/C(=C(\CCCO)c2ccccc2)c2ccc(N3CCN(C)CC3)cc2)cc1. The van der Waals surface area contributed by atoms with Gasteiger partial charge in [0.1, 0.15) is 0 Å². The molecule has 12 aromatic rings. The molecule has 6 N–H and O–H groups in total. The highest BCUT2D eigenvalue weighted by atomic mass is 16.6. The molecule has 4 aliphatic heterocycles. The molecule has 0 radical (unpaired) electrons. The number of anilines is 4. The first-order chi connectivity index (χ1) is 63.4. The van der Waals surface area contributed by atoms with E-state index in [1.165, 1.54) is 112 Å². The Balaban J connectivity index is 0.000000148. The first kappa shape index (κ1) is 95.5. The number of rotatable bonds is 30. The molecule has 0 saturated carbocycles. The molecule has 4 fully saturated rings. The van der Waals surface area contributed by atoms with Crippen LogP contribution in [-0.2, 0) is 0 Å². The van der Waals surface area contributed by atoms with E-state index in [0.29, 0.717) is 24.8 Å². The van der Waals surface area contributed by atoms with Gasteiger partial charge in [0.2, 0.25) is 0 Å². The molecule has 0 unspecified atom stereocenters. The monoisotopic (exact) mass is 1740 g/mol. The van der Waals surface area contributed by atoms with E-state index < -0.39 is 0 Å². The van der Waals surface area contributed by atoms with Crippen LogP contribution in [0.25, 0.3) is 44.6 Å². The summed E-state index contributed by atoms with van der Waals surface area (Å²) in [7, 11) is 6.53. The normalized spacial score (nSPS) is 15.4. The van der Waals surface area contributed by atoms with Crippen LogP contribution in [0.3, 0.4) is 0 Å². The summed E-state index contributed by atoms with van der Waals surface area (Å²) in [5, 5.41) is 49.5. The Hall–Kier alpha value is -12.1. The average Bonchev–Trinajstić information content (AvgIpc) is 0.798. The van der Waals surface area contributed by atoms with Gasteiger partial charge in [0, 0.05) is 165 Å². The minimum Gasteiger partial charge on any atom is -0.399 e. The number of nitro benzene ring substituents is 1. The van der Waals surface area contributed by atoms with Crippen LogP contribution >= 0.6 is 0 Å². The fraction of sp³-hybridized carbons (Fsp3) is 0.304. The van der Waals surface area contributed by atoms with Crippen molar-refractivity contribution in [2.45, 2.75) is 91.0 Å². The third-order valence-electron chi connectivity index (χ3n) is 25.7. The lowest BCUT2D eigenvalue weighted by Crippen LogP contribution is -2.48. The second-order valence-electron chi connectivity index (χ2n) is 35.2. The molecule has 0 atom stereocenters. The number of hydrogen-bond donors (Lipinski definition) is 5. The fourth-order valence-electron chi connectivity index (χ4n) is 17.9. The molecule has 12 aromatic carbocycles. The number of piperazine rings is 3. The molecule has 130 heavy (non-hydrogen) atoms. The summed E-state index contributed by atoms with van der Waals surface area (Å²) in [6, 6.07) is 111. The minimum absolute atomic E-state index is 0.0742. The number of likely N-dealkylation sites (tertiary alicyclic amines) is 1. The Kier molecular flexibility index (Phi) is 35.6. The number of allylic oxidation sites excluding steroid dienone is 4. The van der Waals surface area contributed by atoms with Gasteiger partial charge >= 0.3 is 0 Å². The van der Waals surface area contributed by atoms with Crippen molar-refractivity contribution in [3.05, 3.63) is 409 Å². The predicted molar refractivity (Wildman–Crippen MR) is 545 cm³/mol. The zero-order chi connectivity index (χ0) is 91.1. The van der Waals surface area contributed by atoms with Gasteiger partial charge in [-0.25, -0.2) is 0 Å². The summed E-state index contributed by atoms with van der Waals surface area (Å²) in [6.07, 6.45) is 6.06. The average molecular weight is 1740 g/mol. The number of aryl methyl sites for hydroxylation is 2. The van der Waals surface area contributed by atoms with Crippen LogP contribution in [0.2, 0.25) is 0 Å². The summed E-state index contributed by atoms with van der Waals surface area (Å²) in [4.78, 5) is 27.8. The lowest BCUT2D eigenvalue weighted by Gasteiger charge is -2.42. The molecule has 0 aromatic heterocycles. The van der Waals surface area contributed by atoms with Gasteiger partial charge in [0.15, 0.2) is 0 Å². The van der Waals surface area contributed by atoms with E-state index in [-0.39, 0.29) is 37.0 Å². The summed E-state index contributed by atoms with van der Waals surface area (Å²) in [5.41, 5.74) is 38.2. The van der Waals surface area contributed by atoms with Crippen molar-refractivity contribution in [3.8, 4) is 0 Å². The molecule has 674 valence electrons. The smallest absolute Gasteiger partial charge is 0.269 e. The maximum atomic E-state index is 11.2. The second-order valence-corrected chi connectivity index (χ2v) is 35.2. The molecular weight excluding hydrogens is 1600 g/mol. The van der Waals surface area contributed by atoms with Crippen LogP contribution in [0.4, 0.5) is 28.4 Å². The molecule has 4 heterocycles. The van der Waals surface area contributed by atoms with E-state index in [0.717, 1.165) is 169 Å². The molecule has 16 rings (SSSR count). The molecule has 15 heteroatoms. The molecule has 15 nitrogen and oxygen atoms in total. The van der Waals surface area contributed by atoms with Gasteiger partial charge in [0.05, 0.1) is 4.92 Å². The van der Waals surface area contributed by atoms with Crippen LogP contribution in [0, 0.1) is 24.0 Å². The van der Waals surface area contributed by atoms with Crippen LogP contribution in [-0.4, -0.2) is 190 Å². The highest BCUT2D eigenvalue weighted by Gasteiger charge is 2.30. The maximum Gasteiger partial charge on any atom is 0.269 e. The molecule has 0 aliphatic carbocycles. The quantitative estimate of drug-likeness (QED) is 0.0125. The van der Waals surface area contributed by atoms with E-state index in [4.69, 9.17) is 5.73 Å². The Morgan fingerprint density at radius 3 is 0.792 bits per heavy atom. The van der Waals surface area contributed by atoms with Crippen LogP contribution < -0.4 is 20.4 Å². The largest absolute Gasteiger partial charge is 0.399 e. The summed E-state index contributed by atoms with van der Waals surface area (Å²) >= 11 is 0. The summed E-state index contributed by atoms with van der Waals surface area (Å²) in [6.45, 7) is 24.6. The van der Waals surface area contributed by atoms with Crippen molar-refractivity contribution in [3.63, 3.8) is 0 Å². The van der Waals surface area contributed by atoms with Crippen LogP contribution in [0.15, 0.2) is 315 Å². The standard InChI is InChI=1S/C30H35NO.C29H34N2O.C28H31N3O3.C28H33N3O/c1-22(2)31-20-28(21-31)24-15-17-27(18-16-24)30(26-13-11-23(3)12-14-26)29(10-7-19-32)25-8-5-4-6-9-25;1-23-10-12-25(13-11-23)29(28(9-6-22-32)24-7-4-3-5-8-24)26-14-16-27(17-15-26)31-20-18-30(2)19-21-31;1-29-17-19-30(20-18-29)25-13-9-23(10-14-25)28(24-11-15-26(16-12-24)31(33)34)27(8-5-21-32)22-6-3-2-4-7-22;1-30-17-19-31(20-18-30)26-15-11-24(12-16-26)28(23-9-13-25(29)14-10-23)27(8-5-21-32)22-6-3-2-4-7-22/h4-6,8-9,11-18,22,28,32H,7,10,19-21H2,1-3H3;3-5,7-8,10-17,32H,6,9,18-22H2,1-2H3;2-4,6-7,9-16,32H,5,8,17-21H2,1H3;2-4,6-7,9-16,32H,5,8,17-21,29H2,1H3/b30-29-;29-28-;28-27+;28-27-. The maximum absolute atomic E-state index is 11.2. The Morgan fingerprint density at radius 2 is 0.554 bits per heavy atom. The van der Waals surface area contributed by atoms with Gasteiger partial charge < -0.3 is 55.6 Å². The number of aliphatic hydroxyl groups is 4. The van der Waals surface area contributed by atoms with E-state index in [2.05, 4.69) is 338 Å². The number of non-ortho nitro benzene ring substituents is 1. The van der Waals surface area contributed by atoms with E-state index in [1.54, 1.807) is 12.1 Å². The van der Waals surface area contributed by atoms with Gasteiger partial charge in [-0.15, -0.1) is 0 Å². The van der Waals surface area contributed by atoms with E-state index in [1.807, 2.05) is 48.5 Å². The van der Waals surface area contributed by atoms with Crippen molar-refractivity contribution in [2.75, 3.05) is 160 Å². The summed E-state index contributed by atoms with van der Waals surface area (Å²) < 4.78 is 0. The first-order valence-corrected chi connectivity index (χ1v) is 46.7. The molecule has 4 aliphatic rings. The van der Waals surface area contributed by atoms with E-state index >= 15 is 0 Å². The van der Waals surface area contributed by atoms with Crippen molar-refractivity contribution in [1.29, 1.82) is 0 Å². The third-order valence-corrected chi connectivity index (χ3v) is 25.7. The van der Waals surface area contributed by atoms with Crippen molar-refractivity contribution < 1.29 is 25.3 Å². The highest BCUT2D eigenvalue weighted by Crippen LogP contribution is 2.43. The van der Waals surface area contributed by atoms with Crippen LogP contribution in [0.5, 0.6) is 0 Å². The van der Waals surface area contributed by atoms with Gasteiger partial charge in [-0.3, -0.25) is 15.0 Å². The molecule has 0 spiro atoms. The number of aliphatic hydroxyl groups excluding tert-OH is 4. The topological polar surface area (TPSA) is 173 Å². The zero-order valence-electron chi connectivity index (χ0n) is 77.3. The second kappa shape index (κ2) is 48.5. The number of likely N-dealkylation sites (N-methyl/N-ethyl adjacent to an activating group) is 3. The van der Waals surface area contributed by atoms with E-state index in [9.17, 15) is 30.5 Å². The molecule has 4 saturated heterocycles. The molecule has 0 amide bonds. The number of nitrogens with two attached hydrogens (primary N) is 1. The number of nitrogen functional groups attached to an aromatic ring is 1. The lowest BCUT2D eigenvalue weighted by atomic mass is 9.85. The van der Waals surface area contributed by atoms with Crippen molar-refractivity contribution >= 4 is 73.0 Å². The fourth-order valence-corrected chi connectivity index (χ4v) is 17.9. The van der Waals surface area contributed by atoms with Gasteiger partial charge in [-0.05, 0) is 278 Å². The van der Waals surface area contributed by atoms with Crippen molar-refractivity contribution in [1.82, 2.24) is 19.6 Å².